The molecule has 0 spiro atoms. The van der Waals surface area contributed by atoms with E-state index < -0.39 is 0 Å². The molecule has 0 fully saturated rings. The number of hydrogen-bond donors (Lipinski definition) is 2. The van der Waals surface area contributed by atoms with Crippen LogP contribution in [0.2, 0.25) is 5.02 Å². The van der Waals surface area contributed by atoms with Crippen LogP contribution in [0.3, 0.4) is 0 Å². The van der Waals surface area contributed by atoms with Gasteiger partial charge in [0.15, 0.2) is 0 Å². The van der Waals surface area contributed by atoms with E-state index in [2.05, 4.69) is 24.4 Å². The van der Waals surface area contributed by atoms with Crippen LogP contribution in [0, 0.1) is 13.8 Å². The highest BCUT2D eigenvalue weighted by atomic mass is 35.5. The van der Waals surface area contributed by atoms with Crippen molar-refractivity contribution in [2.24, 2.45) is 0 Å². The Bertz CT molecular complexity index is 550. The molecule has 17 heavy (non-hydrogen) atoms. The number of aryl methyl sites for hydroxylation is 1. The molecule has 0 amide bonds. The molecule has 0 heterocycles. The number of hydrogen-bond acceptors (Lipinski definition) is 2. The molecule has 0 bridgehead atoms. The summed E-state index contributed by atoms with van der Waals surface area (Å²) in [4.78, 5) is 0. The molecule has 0 aliphatic heterocycles. The Labute approximate surface area is 106 Å². The smallest absolute Gasteiger partial charge is 0.0449 e. The van der Waals surface area contributed by atoms with Gasteiger partial charge in [-0.15, -0.1) is 0 Å². The molecule has 0 saturated carbocycles. The van der Waals surface area contributed by atoms with Gasteiger partial charge in [-0.2, -0.15) is 0 Å². The molecule has 0 atom stereocenters. The molecule has 0 saturated heterocycles. The normalized spacial score (nSPS) is 10.3. The van der Waals surface area contributed by atoms with E-state index in [0.717, 1.165) is 16.9 Å². The van der Waals surface area contributed by atoms with Gasteiger partial charge in [0.2, 0.25) is 0 Å². The molecule has 2 rings (SSSR count). The van der Waals surface area contributed by atoms with Crippen LogP contribution in [0.4, 0.5) is 17.1 Å². The fourth-order valence-corrected chi connectivity index (χ4v) is 1.93. The Balaban J connectivity index is 2.36. The third kappa shape index (κ3) is 2.71. The summed E-state index contributed by atoms with van der Waals surface area (Å²) in [5.41, 5.74) is 10.8. The Hall–Kier alpha value is -1.67. The van der Waals surface area contributed by atoms with E-state index in [-0.39, 0.29) is 0 Å². The lowest BCUT2D eigenvalue weighted by Gasteiger charge is -2.12. The average Bonchev–Trinajstić information content (AvgIpc) is 2.25. The zero-order valence-electron chi connectivity index (χ0n) is 9.92. The number of nitrogens with one attached hydrogen (secondary N) is 1. The number of halogens is 1. The molecule has 0 unspecified atom stereocenters. The second-order valence-corrected chi connectivity index (χ2v) is 4.60. The minimum absolute atomic E-state index is 0.642. The summed E-state index contributed by atoms with van der Waals surface area (Å²) in [6.45, 7) is 4.04. The van der Waals surface area contributed by atoms with E-state index in [1.165, 1.54) is 5.56 Å². The SMILES string of the molecule is Cc1cccc(Nc2cc(Cl)cc(N)c2C)c1. The Kier molecular flexibility index (Phi) is 3.25. The van der Waals surface area contributed by atoms with Gasteiger partial charge in [0.1, 0.15) is 0 Å². The van der Waals surface area contributed by atoms with E-state index in [0.29, 0.717) is 10.7 Å². The van der Waals surface area contributed by atoms with E-state index in [1.54, 1.807) is 6.07 Å². The van der Waals surface area contributed by atoms with Crippen molar-refractivity contribution in [3.63, 3.8) is 0 Å². The monoisotopic (exact) mass is 246 g/mol. The van der Waals surface area contributed by atoms with Crippen molar-refractivity contribution in [3.05, 3.63) is 52.5 Å². The topological polar surface area (TPSA) is 38.0 Å². The van der Waals surface area contributed by atoms with Gasteiger partial charge in [0.05, 0.1) is 0 Å². The van der Waals surface area contributed by atoms with Gasteiger partial charge < -0.3 is 11.1 Å². The maximum Gasteiger partial charge on any atom is 0.0449 e. The highest BCUT2D eigenvalue weighted by molar-refractivity contribution is 6.31. The lowest BCUT2D eigenvalue weighted by atomic mass is 10.1. The van der Waals surface area contributed by atoms with Crippen LogP contribution in [0.15, 0.2) is 36.4 Å². The Morgan fingerprint density at radius 1 is 1.12 bits per heavy atom. The molecule has 3 N–H and O–H groups in total. The van der Waals surface area contributed by atoms with Crippen molar-refractivity contribution in [2.45, 2.75) is 13.8 Å². The fourth-order valence-electron chi connectivity index (χ4n) is 1.71. The number of nitrogens with two attached hydrogens (primary N) is 1. The van der Waals surface area contributed by atoms with Crippen LogP contribution in [0.5, 0.6) is 0 Å². The van der Waals surface area contributed by atoms with Crippen LogP contribution in [0.1, 0.15) is 11.1 Å². The van der Waals surface area contributed by atoms with Crippen LogP contribution < -0.4 is 11.1 Å². The second kappa shape index (κ2) is 4.68. The minimum Gasteiger partial charge on any atom is -0.398 e. The van der Waals surface area contributed by atoms with Crippen LogP contribution in [-0.4, -0.2) is 0 Å². The lowest BCUT2D eigenvalue weighted by molar-refractivity contribution is 1.41. The second-order valence-electron chi connectivity index (χ2n) is 4.16. The summed E-state index contributed by atoms with van der Waals surface area (Å²) in [6, 6.07) is 11.8. The summed E-state index contributed by atoms with van der Waals surface area (Å²) in [7, 11) is 0. The maximum absolute atomic E-state index is 6.00. The molecule has 88 valence electrons. The Morgan fingerprint density at radius 3 is 2.59 bits per heavy atom. The van der Waals surface area contributed by atoms with Gasteiger partial charge in [-0.1, -0.05) is 23.7 Å². The third-order valence-corrected chi connectivity index (χ3v) is 2.93. The summed E-state index contributed by atoms with van der Waals surface area (Å²) in [5.74, 6) is 0. The number of nitrogen functional groups attached to an aromatic ring is 1. The zero-order valence-corrected chi connectivity index (χ0v) is 10.7. The lowest BCUT2D eigenvalue weighted by Crippen LogP contribution is -1.97. The molecule has 2 aromatic carbocycles. The third-order valence-electron chi connectivity index (χ3n) is 2.71. The van der Waals surface area contributed by atoms with Gasteiger partial charge >= 0.3 is 0 Å². The van der Waals surface area contributed by atoms with Gasteiger partial charge in [-0.3, -0.25) is 0 Å². The summed E-state index contributed by atoms with van der Waals surface area (Å²) in [5, 5.41) is 3.97. The quantitative estimate of drug-likeness (QED) is 0.776. The van der Waals surface area contributed by atoms with E-state index >= 15 is 0 Å². The highest BCUT2D eigenvalue weighted by Crippen LogP contribution is 2.29. The molecule has 2 nitrogen and oxygen atoms in total. The fraction of sp³-hybridized carbons (Fsp3) is 0.143. The van der Waals surface area contributed by atoms with Gasteiger partial charge in [0.25, 0.3) is 0 Å². The van der Waals surface area contributed by atoms with Crippen molar-refractivity contribution in [1.29, 1.82) is 0 Å². The molecule has 0 radical (unpaired) electrons. The van der Waals surface area contributed by atoms with E-state index in [4.69, 9.17) is 17.3 Å². The molecule has 0 aliphatic rings. The first-order valence-electron chi connectivity index (χ1n) is 5.45. The Morgan fingerprint density at radius 2 is 1.88 bits per heavy atom. The van der Waals surface area contributed by atoms with E-state index in [1.807, 2.05) is 25.1 Å². The minimum atomic E-state index is 0.642. The maximum atomic E-state index is 6.00. The average molecular weight is 247 g/mol. The molecule has 0 aliphatic carbocycles. The van der Waals surface area contributed by atoms with E-state index in [9.17, 15) is 0 Å². The molecule has 3 heteroatoms. The van der Waals surface area contributed by atoms with Crippen LogP contribution in [0.25, 0.3) is 0 Å². The zero-order chi connectivity index (χ0) is 12.4. The first kappa shape index (κ1) is 11.8. The summed E-state index contributed by atoms with van der Waals surface area (Å²) in [6.07, 6.45) is 0. The summed E-state index contributed by atoms with van der Waals surface area (Å²) < 4.78 is 0. The van der Waals surface area contributed by atoms with Crippen molar-refractivity contribution in [1.82, 2.24) is 0 Å². The van der Waals surface area contributed by atoms with Gasteiger partial charge in [-0.05, 0) is 49.2 Å². The van der Waals surface area contributed by atoms with Crippen molar-refractivity contribution in [3.8, 4) is 0 Å². The molecular formula is C14H15ClN2. The van der Waals surface area contributed by atoms with Crippen molar-refractivity contribution < 1.29 is 0 Å². The molecular weight excluding hydrogens is 232 g/mol. The van der Waals surface area contributed by atoms with Crippen molar-refractivity contribution in [2.75, 3.05) is 11.1 Å². The summed E-state index contributed by atoms with van der Waals surface area (Å²) >= 11 is 6.00. The first-order chi connectivity index (χ1) is 8.06. The first-order valence-corrected chi connectivity index (χ1v) is 5.83. The van der Waals surface area contributed by atoms with Gasteiger partial charge in [-0.25, -0.2) is 0 Å². The van der Waals surface area contributed by atoms with Crippen LogP contribution >= 0.6 is 11.6 Å². The number of rotatable bonds is 2. The standard InChI is InChI=1S/C14H15ClN2/c1-9-4-3-5-12(6-9)17-14-8-11(15)7-13(16)10(14)2/h3-8,17H,16H2,1-2H3. The number of benzene rings is 2. The predicted octanol–water partition coefficient (Wildman–Crippen LogP) is 4.28. The number of anilines is 3. The van der Waals surface area contributed by atoms with Crippen LogP contribution in [-0.2, 0) is 0 Å². The molecule has 2 aromatic rings. The molecule has 0 aromatic heterocycles. The highest BCUT2D eigenvalue weighted by Gasteiger charge is 2.04. The predicted molar refractivity (Wildman–Crippen MR) is 75.1 cm³/mol. The van der Waals surface area contributed by atoms with Gasteiger partial charge in [0, 0.05) is 22.1 Å². The largest absolute Gasteiger partial charge is 0.398 e. The van der Waals surface area contributed by atoms with Crippen molar-refractivity contribution >= 4 is 28.7 Å².